The molecule has 0 spiro atoms. The van der Waals surface area contributed by atoms with Crippen LogP contribution in [0.2, 0.25) is 0 Å². The third-order valence-electron chi connectivity index (χ3n) is 1.89. The average molecular weight is 204 g/mol. The van der Waals surface area contributed by atoms with Crippen molar-refractivity contribution in [2.75, 3.05) is 0 Å². The molecule has 0 bridgehead atoms. The van der Waals surface area contributed by atoms with E-state index >= 15 is 0 Å². The minimum atomic E-state index is -1.02. The second kappa shape index (κ2) is 3.49. The molecule has 0 unspecified atom stereocenters. The fourth-order valence-corrected chi connectivity index (χ4v) is 1.21. The lowest BCUT2D eigenvalue weighted by molar-refractivity contribution is 0.0685. The van der Waals surface area contributed by atoms with Crippen molar-refractivity contribution in [2.45, 2.75) is 0 Å². The van der Waals surface area contributed by atoms with Crippen molar-refractivity contribution in [2.24, 2.45) is 7.05 Å². The molecule has 6 heteroatoms. The number of nitrogens with zero attached hydrogens (tertiary/aromatic N) is 4. The summed E-state index contributed by atoms with van der Waals surface area (Å²) in [5, 5.41) is 12.8. The van der Waals surface area contributed by atoms with Crippen LogP contribution in [0, 0.1) is 0 Å². The highest BCUT2D eigenvalue weighted by molar-refractivity contribution is 5.86. The summed E-state index contributed by atoms with van der Waals surface area (Å²) in [5.74, 6) is -0.604. The highest BCUT2D eigenvalue weighted by atomic mass is 16.4. The zero-order valence-electron chi connectivity index (χ0n) is 7.95. The first-order valence-electron chi connectivity index (χ1n) is 4.23. The Morgan fingerprint density at radius 3 is 2.60 bits per heavy atom. The predicted molar refractivity (Wildman–Crippen MR) is 51.2 cm³/mol. The maximum absolute atomic E-state index is 10.8. The minimum Gasteiger partial charge on any atom is -0.477 e. The molecule has 0 aromatic carbocycles. The van der Waals surface area contributed by atoms with Gasteiger partial charge in [-0.3, -0.25) is 4.68 Å². The van der Waals surface area contributed by atoms with E-state index in [1.165, 1.54) is 10.7 Å². The second-order valence-corrected chi connectivity index (χ2v) is 2.92. The molecule has 0 aliphatic heterocycles. The maximum atomic E-state index is 10.8. The van der Waals surface area contributed by atoms with Crippen LogP contribution < -0.4 is 0 Å². The topological polar surface area (TPSA) is 80.9 Å². The molecule has 76 valence electrons. The lowest BCUT2D eigenvalue weighted by atomic mass is 10.3. The molecule has 0 fully saturated rings. The Bertz CT molecular complexity index is 492. The zero-order valence-corrected chi connectivity index (χ0v) is 7.95. The fraction of sp³-hybridized carbons (Fsp3) is 0.111. The maximum Gasteiger partial charge on any atom is 0.354 e. The number of carbonyl (C=O) groups is 1. The predicted octanol–water partition coefficient (Wildman–Crippen LogP) is 0.575. The molecule has 0 saturated heterocycles. The molecular weight excluding hydrogens is 196 g/mol. The summed E-state index contributed by atoms with van der Waals surface area (Å²) in [6, 6.07) is 3.13. The Labute approximate surface area is 85.2 Å². The Morgan fingerprint density at radius 1 is 1.40 bits per heavy atom. The van der Waals surface area contributed by atoms with Gasteiger partial charge in [-0.05, 0) is 6.07 Å². The minimum absolute atomic E-state index is 0.109. The standard InChI is InChI=1S/C9H8N4O2/c1-13-7(9(14)15)5-6(12-13)8-10-3-2-4-11-8/h2-5H,1H3,(H,14,15). The van der Waals surface area contributed by atoms with Gasteiger partial charge in [0.2, 0.25) is 0 Å². The van der Waals surface area contributed by atoms with Crippen molar-refractivity contribution in [3.05, 3.63) is 30.2 Å². The molecule has 0 saturated carbocycles. The molecule has 0 atom stereocenters. The quantitative estimate of drug-likeness (QED) is 0.773. The van der Waals surface area contributed by atoms with Crippen molar-refractivity contribution >= 4 is 5.97 Å². The Balaban J connectivity index is 2.48. The van der Waals surface area contributed by atoms with Gasteiger partial charge in [-0.25, -0.2) is 14.8 Å². The van der Waals surface area contributed by atoms with Gasteiger partial charge in [-0.15, -0.1) is 0 Å². The van der Waals surface area contributed by atoms with Crippen molar-refractivity contribution in [3.8, 4) is 11.5 Å². The molecule has 0 aliphatic rings. The number of rotatable bonds is 2. The van der Waals surface area contributed by atoms with Crippen LogP contribution in [0.1, 0.15) is 10.5 Å². The van der Waals surface area contributed by atoms with E-state index in [1.54, 1.807) is 25.5 Å². The van der Waals surface area contributed by atoms with E-state index in [0.29, 0.717) is 11.5 Å². The first-order chi connectivity index (χ1) is 7.18. The summed E-state index contributed by atoms with van der Waals surface area (Å²) in [6.07, 6.45) is 3.16. The molecule has 0 aliphatic carbocycles. The first-order valence-corrected chi connectivity index (χ1v) is 4.23. The molecule has 1 N–H and O–H groups in total. The van der Waals surface area contributed by atoms with Crippen molar-refractivity contribution in [1.82, 2.24) is 19.7 Å². The van der Waals surface area contributed by atoms with Gasteiger partial charge in [-0.2, -0.15) is 5.10 Å². The number of aryl methyl sites for hydroxylation is 1. The van der Waals surface area contributed by atoms with E-state index in [0.717, 1.165) is 0 Å². The molecule has 2 heterocycles. The average Bonchev–Trinajstić information content (AvgIpc) is 2.62. The second-order valence-electron chi connectivity index (χ2n) is 2.92. The number of hydrogen-bond donors (Lipinski definition) is 1. The van der Waals surface area contributed by atoms with Crippen LogP contribution in [0.25, 0.3) is 11.5 Å². The third kappa shape index (κ3) is 1.69. The molecule has 2 aromatic rings. The number of aromatic nitrogens is 4. The van der Waals surface area contributed by atoms with E-state index < -0.39 is 5.97 Å². The molecular formula is C9H8N4O2. The number of carboxylic acid groups (broad SMARTS) is 1. The molecule has 2 rings (SSSR count). The molecule has 6 nitrogen and oxygen atoms in total. The lowest BCUT2D eigenvalue weighted by Crippen LogP contribution is -2.04. The van der Waals surface area contributed by atoms with E-state index in [9.17, 15) is 4.79 Å². The summed E-state index contributed by atoms with van der Waals surface area (Å²) in [5.41, 5.74) is 0.563. The van der Waals surface area contributed by atoms with Crippen LogP contribution in [0.5, 0.6) is 0 Å². The number of aromatic carboxylic acids is 1. The highest BCUT2D eigenvalue weighted by Crippen LogP contribution is 2.13. The van der Waals surface area contributed by atoms with Crippen LogP contribution >= 0.6 is 0 Å². The van der Waals surface area contributed by atoms with Gasteiger partial charge in [-0.1, -0.05) is 0 Å². The summed E-state index contributed by atoms with van der Waals surface area (Å²) in [7, 11) is 1.57. The van der Waals surface area contributed by atoms with Crippen LogP contribution in [-0.2, 0) is 7.05 Å². The van der Waals surface area contributed by atoms with Gasteiger partial charge in [0.1, 0.15) is 11.4 Å². The van der Waals surface area contributed by atoms with Gasteiger partial charge < -0.3 is 5.11 Å². The summed E-state index contributed by atoms with van der Waals surface area (Å²) >= 11 is 0. The van der Waals surface area contributed by atoms with E-state index in [-0.39, 0.29) is 5.69 Å². The van der Waals surface area contributed by atoms with Gasteiger partial charge in [0.25, 0.3) is 0 Å². The van der Waals surface area contributed by atoms with Crippen LogP contribution in [0.3, 0.4) is 0 Å². The van der Waals surface area contributed by atoms with E-state index in [2.05, 4.69) is 15.1 Å². The number of carboxylic acids is 1. The van der Waals surface area contributed by atoms with Crippen molar-refractivity contribution < 1.29 is 9.90 Å². The van der Waals surface area contributed by atoms with Crippen LogP contribution in [-0.4, -0.2) is 30.8 Å². The van der Waals surface area contributed by atoms with Gasteiger partial charge in [0.15, 0.2) is 5.82 Å². The highest BCUT2D eigenvalue weighted by Gasteiger charge is 2.13. The Morgan fingerprint density at radius 2 is 2.07 bits per heavy atom. The number of hydrogen-bond acceptors (Lipinski definition) is 4. The Kier molecular flexibility index (Phi) is 2.17. The zero-order chi connectivity index (χ0) is 10.8. The van der Waals surface area contributed by atoms with E-state index in [1.807, 2.05) is 0 Å². The van der Waals surface area contributed by atoms with Crippen LogP contribution in [0.4, 0.5) is 0 Å². The van der Waals surface area contributed by atoms with E-state index in [4.69, 9.17) is 5.11 Å². The van der Waals surface area contributed by atoms with Gasteiger partial charge >= 0.3 is 5.97 Å². The monoisotopic (exact) mass is 204 g/mol. The van der Waals surface area contributed by atoms with Crippen LogP contribution in [0.15, 0.2) is 24.5 Å². The Hall–Kier alpha value is -2.24. The SMILES string of the molecule is Cn1nc(-c2ncccn2)cc1C(=O)O. The van der Waals surface area contributed by atoms with Gasteiger partial charge in [0, 0.05) is 25.5 Å². The molecule has 0 amide bonds. The summed E-state index contributed by atoms with van der Waals surface area (Å²) in [4.78, 5) is 18.7. The van der Waals surface area contributed by atoms with Crippen molar-refractivity contribution in [3.63, 3.8) is 0 Å². The molecule has 2 aromatic heterocycles. The third-order valence-corrected chi connectivity index (χ3v) is 1.89. The smallest absolute Gasteiger partial charge is 0.354 e. The summed E-state index contributed by atoms with van der Waals surface area (Å²) in [6.45, 7) is 0. The lowest BCUT2D eigenvalue weighted by Gasteiger charge is -1.92. The largest absolute Gasteiger partial charge is 0.477 e. The first kappa shape index (κ1) is 9.32. The van der Waals surface area contributed by atoms with Crippen molar-refractivity contribution in [1.29, 1.82) is 0 Å². The van der Waals surface area contributed by atoms with Gasteiger partial charge in [0.05, 0.1) is 0 Å². The molecule has 15 heavy (non-hydrogen) atoms. The molecule has 0 radical (unpaired) electrons. The fourth-order valence-electron chi connectivity index (χ4n) is 1.21. The summed E-state index contributed by atoms with van der Waals surface area (Å²) < 4.78 is 1.29. The normalized spacial score (nSPS) is 10.2.